The summed E-state index contributed by atoms with van der Waals surface area (Å²) in [6, 6.07) is 5.40. The lowest BCUT2D eigenvalue weighted by atomic mass is 10.0. The fourth-order valence-electron chi connectivity index (χ4n) is 3.85. The van der Waals surface area contributed by atoms with Crippen molar-refractivity contribution in [2.45, 2.75) is 44.6 Å². The first kappa shape index (κ1) is 18.5. The molecule has 1 aromatic rings. The molecule has 0 amide bonds. The molecule has 1 unspecified atom stereocenters. The molecule has 0 aliphatic carbocycles. The molecule has 0 saturated carbocycles. The lowest BCUT2D eigenvalue weighted by Crippen LogP contribution is -2.43. The minimum absolute atomic E-state index is 0.196. The van der Waals surface area contributed by atoms with Gasteiger partial charge in [0.05, 0.1) is 20.3 Å². The summed E-state index contributed by atoms with van der Waals surface area (Å²) in [5.41, 5.74) is 0.887. The number of benzene rings is 1. The van der Waals surface area contributed by atoms with Crippen molar-refractivity contribution in [2.75, 3.05) is 33.9 Å². The molecule has 2 saturated heterocycles. The van der Waals surface area contributed by atoms with Gasteiger partial charge in [-0.05, 0) is 43.9 Å². The summed E-state index contributed by atoms with van der Waals surface area (Å²) in [5.74, 6) is 1.43. The van der Waals surface area contributed by atoms with Crippen LogP contribution < -0.4 is 9.47 Å². The van der Waals surface area contributed by atoms with Crippen LogP contribution in [-0.2, 0) is 10.2 Å². The third-order valence-electron chi connectivity index (χ3n) is 5.19. The zero-order valence-corrected chi connectivity index (χ0v) is 15.9. The van der Waals surface area contributed by atoms with Gasteiger partial charge < -0.3 is 9.47 Å². The molecule has 7 heteroatoms. The van der Waals surface area contributed by atoms with E-state index in [0.717, 1.165) is 49.8 Å². The second-order valence-electron chi connectivity index (χ2n) is 6.70. The summed E-state index contributed by atoms with van der Waals surface area (Å²) in [7, 11) is -0.221. The van der Waals surface area contributed by atoms with Crippen LogP contribution in [-0.4, -0.2) is 50.9 Å². The first-order chi connectivity index (χ1) is 12.1. The first-order valence-corrected chi connectivity index (χ1v) is 10.5. The van der Waals surface area contributed by atoms with Gasteiger partial charge in [0.25, 0.3) is 10.2 Å². The van der Waals surface area contributed by atoms with Crippen LogP contribution in [0.5, 0.6) is 11.5 Å². The Hall–Kier alpha value is -1.31. The Morgan fingerprint density at radius 1 is 0.960 bits per heavy atom. The summed E-state index contributed by atoms with van der Waals surface area (Å²) < 4.78 is 40.7. The Labute approximate surface area is 150 Å². The maximum absolute atomic E-state index is 13.3. The molecule has 2 heterocycles. The Morgan fingerprint density at radius 3 is 2.32 bits per heavy atom. The van der Waals surface area contributed by atoms with Crippen molar-refractivity contribution in [1.29, 1.82) is 0 Å². The molecule has 3 rings (SSSR count). The summed E-state index contributed by atoms with van der Waals surface area (Å²) in [4.78, 5) is 0. The van der Waals surface area contributed by atoms with E-state index < -0.39 is 10.2 Å². The monoisotopic (exact) mass is 368 g/mol. The van der Waals surface area contributed by atoms with Gasteiger partial charge in [-0.25, -0.2) is 0 Å². The van der Waals surface area contributed by atoms with E-state index in [2.05, 4.69) is 0 Å². The number of rotatable bonds is 5. The van der Waals surface area contributed by atoms with E-state index in [1.165, 1.54) is 0 Å². The molecule has 2 aliphatic rings. The molecular formula is C18H28N2O4S. The summed E-state index contributed by atoms with van der Waals surface area (Å²) in [6.45, 7) is 1.81. The van der Waals surface area contributed by atoms with E-state index in [9.17, 15) is 8.42 Å². The topological polar surface area (TPSA) is 59.1 Å². The van der Waals surface area contributed by atoms with E-state index in [1.54, 1.807) is 22.8 Å². The van der Waals surface area contributed by atoms with Gasteiger partial charge in [-0.1, -0.05) is 12.8 Å². The molecule has 0 radical (unpaired) electrons. The van der Waals surface area contributed by atoms with Crippen LogP contribution in [0.25, 0.3) is 0 Å². The molecule has 0 spiro atoms. The summed E-state index contributed by atoms with van der Waals surface area (Å²) in [6.07, 6.45) is 5.77. The van der Waals surface area contributed by atoms with Crippen LogP contribution in [0.4, 0.5) is 0 Å². The SMILES string of the molecule is COc1ccc(OC)c(C2CCCN2S(=O)(=O)N2CCCCCC2)c1. The molecule has 1 aromatic carbocycles. The largest absolute Gasteiger partial charge is 0.497 e. The highest BCUT2D eigenvalue weighted by Crippen LogP contribution is 2.41. The molecule has 140 valence electrons. The van der Waals surface area contributed by atoms with Crippen LogP contribution in [0, 0.1) is 0 Å². The van der Waals surface area contributed by atoms with Crippen molar-refractivity contribution in [3.05, 3.63) is 23.8 Å². The molecule has 6 nitrogen and oxygen atoms in total. The van der Waals surface area contributed by atoms with E-state index in [0.29, 0.717) is 25.4 Å². The van der Waals surface area contributed by atoms with Crippen LogP contribution in [0.1, 0.15) is 50.1 Å². The summed E-state index contributed by atoms with van der Waals surface area (Å²) in [5, 5.41) is 0. The molecule has 0 aromatic heterocycles. The highest BCUT2D eigenvalue weighted by molar-refractivity contribution is 7.86. The highest BCUT2D eigenvalue weighted by Gasteiger charge is 2.40. The zero-order valence-electron chi connectivity index (χ0n) is 15.1. The normalized spacial score (nSPS) is 23.4. The maximum Gasteiger partial charge on any atom is 0.282 e. The van der Waals surface area contributed by atoms with E-state index in [4.69, 9.17) is 9.47 Å². The van der Waals surface area contributed by atoms with Gasteiger partial charge in [0.2, 0.25) is 0 Å². The number of methoxy groups -OCH3 is 2. The van der Waals surface area contributed by atoms with Crippen LogP contribution >= 0.6 is 0 Å². The van der Waals surface area contributed by atoms with Crippen molar-refractivity contribution < 1.29 is 17.9 Å². The van der Waals surface area contributed by atoms with Gasteiger partial charge >= 0.3 is 0 Å². The average molecular weight is 368 g/mol. The Morgan fingerprint density at radius 2 is 1.68 bits per heavy atom. The van der Waals surface area contributed by atoms with Crippen LogP contribution in [0.15, 0.2) is 18.2 Å². The smallest absolute Gasteiger partial charge is 0.282 e. The number of hydrogen-bond donors (Lipinski definition) is 0. The number of ether oxygens (including phenoxy) is 2. The second-order valence-corrected chi connectivity index (χ2v) is 8.58. The maximum atomic E-state index is 13.3. The average Bonchev–Trinajstić information content (AvgIpc) is 2.96. The van der Waals surface area contributed by atoms with E-state index in [-0.39, 0.29) is 6.04 Å². The van der Waals surface area contributed by atoms with Crippen molar-refractivity contribution in [3.63, 3.8) is 0 Å². The lowest BCUT2D eigenvalue weighted by molar-refractivity contribution is 0.321. The first-order valence-electron chi connectivity index (χ1n) is 9.07. The Kier molecular flexibility index (Phi) is 5.86. The van der Waals surface area contributed by atoms with Crippen LogP contribution in [0.2, 0.25) is 0 Å². The fraction of sp³-hybridized carbons (Fsp3) is 0.667. The van der Waals surface area contributed by atoms with Gasteiger partial charge in [0.15, 0.2) is 0 Å². The predicted octanol–water partition coefficient (Wildman–Crippen LogP) is 2.96. The molecule has 1 atom stereocenters. The molecular weight excluding hydrogens is 340 g/mol. The van der Waals surface area contributed by atoms with Crippen molar-refractivity contribution in [1.82, 2.24) is 8.61 Å². The quantitative estimate of drug-likeness (QED) is 0.802. The van der Waals surface area contributed by atoms with Gasteiger partial charge in [-0.3, -0.25) is 0 Å². The van der Waals surface area contributed by atoms with Gasteiger partial charge in [-0.15, -0.1) is 0 Å². The fourth-order valence-corrected chi connectivity index (χ4v) is 5.76. The molecule has 0 bridgehead atoms. The minimum Gasteiger partial charge on any atom is -0.497 e. The third-order valence-corrected chi connectivity index (χ3v) is 7.23. The minimum atomic E-state index is -3.46. The Balaban J connectivity index is 1.92. The van der Waals surface area contributed by atoms with E-state index >= 15 is 0 Å². The van der Waals surface area contributed by atoms with Crippen LogP contribution in [0.3, 0.4) is 0 Å². The zero-order chi connectivity index (χ0) is 17.9. The second kappa shape index (κ2) is 7.93. The summed E-state index contributed by atoms with van der Waals surface area (Å²) >= 11 is 0. The third kappa shape index (κ3) is 3.78. The number of hydrogen-bond acceptors (Lipinski definition) is 4. The van der Waals surface area contributed by atoms with Gasteiger partial charge in [-0.2, -0.15) is 17.0 Å². The van der Waals surface area contributed by atoms with E-state index in [1.807, 2.05) is 18.2 Å². The molecule has 0 N–H and O–H groups in total. The molecule has 2 aliphatic heterocycles. The van der Waals surface area contributed by atoms with Crippen molar-refractivity contribution >= 4 is 10.2 Å². The van der Waals surface area contributed by atoms with Crippen molar-refractivity contribution in [2.24, 2.45) is 0 Å². The van der Waals surface area contributed by atoms with Gasteiger partial charge in [0.1, 0.15) is 11.5 Å². The number of nitrogens with zero attached hydrogens (tertiary/aromatic N) is 2. The Bertz CT molecular complexity index is 684. The molecule has 25 heavy (non-hydrogen) atoms. The van der Waals surface area contributed by atoms with Gasteiger partial charge in [0, 0.05) is 25.2 Å². The lowest BCUT2D eigenvalue weighted by Gasteiger charge is -2.31. The standard InChI is InChI=1S/C18H28N2O4S/c1-23-15-9-10-18(24-2)16(14-15)17-8-7-13-20(17)25(21,22)19-11-5-3-4-6-12-19/h9-10,14,17H,3-8,11-13H2,1-2H3. The van der Waals surface area contributed by atoms with Crippen molar-refractivity contribution in [3.8, 4) is 11.5 Å². The highest BCUT2D eigenvalue weighted by atomic mass is 32.2. The molecule has 2 fully saturated rings. The predicted molar refractivity (Wildman–Crippen MR) is 97.2 cm³/mol.